The fourth-order valence-electron chi connectivity index (χ4n) is 0.759. The molecule has 0 aromatic rings. The molecule has 76 valence electrons. The lowest BCUT2D eigenvalue weighted by Crippen LogP contribution is -2.09. The van der Waals surface area contributed by atoms with Crippen LogP contribution >= 0.6 is 12.6 Å². The molecule has 0 saturated heterocycles. The van der Waals surface area contributed by atoms with Crippen LogP contribution in [-0.4, -0.2) is 18.6 Å². The molecule has 0 fully saturated rings. The minimum absolute atomic E-state index is 0.0231. The largest absolute Gasteiger partial charge is 0.355 e. The zero-order chi connectivity index (χ0) is 10.1. The van der Waals surface area contributed by atoms with Crippen LogP contribution in [0.4, 0.5) is 0 Å². The zero-order valence-electron chi connectivity index (χ0n) is 8.42. The van der Waals surface area contributed by atoms with Crippen LogP contribution in [-0.2, 0) is 4.74 Å². The molecule has 0 radical (unpaired) electrons. The van der Waals surface area contributed by atoms with Gasteiger partial charge in [0.25, 0.3) is 0 Å². The van der Waals surface area contributed by atoms with Crippen LogP contribution in [0, 0.1) is 17.8 Å². The van der Waals surface area contributed by atoms with Gasteiger partial charge in [-0.25, -0.2) is 0 Å². The van der Waals surface area contributed by atoms with Gasteiger partial charge in [-0.05, 0) is 19.4 Å². The summed E-state index contributed by atoms with van der Waals surface area (Å²) in [4.78, 5) is 0. The standard InChI is InChI=1S/C10H19NOS/c1-9(2)5-4-8-12-10(13)6-3-7-11/h9-10,13H,3,6-8,11H2,1-2H3. The second kappa shape index (κ2) is 8.43. The Hall–Kier alpha value is -0.170. The monoisotopic (exact) mass is 201 g/mol. The minimum Gasteiger partial charge on any atom is -0.355 e. The first-order valence-electron chi connectivity index (χ1n) is 4.65. The van der Waals surface area contributed by atoms with Crippen molar-refractivity contribution in [2.24, 2.45) is 11.7 Å². The first kappa shape index (κ1) is 12.8. The Morgan fingerprint density at radius 1 is 1.46 bits per heavy atom. The molecule has 2 nitrogen and oxygen atoms in total. The van der Waals surface area contributed by atoms with Crippen molar-refractivity contribution in [2.75, 3.05) is 13.2 Å². The molecule has 0 aliphatic heterocycles. The maximum absolute atomic E-state index is 5.35. The van der Waals surface area contributed by atoms with Gasteiger partial charge >= 0.3 is 0 Å². The highest BCUT2D eigenvalue weighted by molar-refractivity contribution is 7.80. The van der Waals surface area contributed by atoms with Crippen LogP contribution < -0.4 is 5.73 Å². The van der Waals surface area contributed by atoms with E-state index in [1.807, 2.05) is 0 Å². The van der Waals surface area contributed by atoms with Gasteiger partial charge < -0.3 is 10.5 Å². The van der Waals surface area contributed by atoms with E-state index in [0.717, 1.165) is 12.8 Å². The fourth-order valence-corrected chi connectivity index (χ4v) is 1.02. The molecule has 1 atom stereocenters. The van der Waals surface area contributed by atoms with E-state index in [1.165, 1.54) is 0 Å². The van der Waals surface area contributed by atoms with Gasteiger partial charge in [0.1, 0.15) is 12.0 Å². The van der Waals surface area contributed by atoms with Crippen LogP contribution in [0.1, 0.15) is 26.7 Å². The van der Waals surface area contributed by atoms with E-state index < -0.39 is 0 Å². The molecule has 3 heteroatoms. The van der Waals surface area contributed by atoms with Gasteiger partial charge in [-0.1, -0.05) is 25.7 Å². The van der Waals surface area contributed by atoms with Crippen molar-refractivity contribution in [1.29, 1.82) is 0 Å². The van der Waals surface area contributed by atoms with Gasteiger partial charge in [-0.2, -0.15) is 0 Å². The molecule has 0 bridgehead atoms. The van der Waals surface area contributed by atoms with Crippen LogP contribution in [0.15, 0.2) is 0 Å². The van der Waals surface area contributed by atoms with E-state index >= 15 is 0 Å². The summed E-state index contributed by atoms with van der Waals surface area (Å²) < 4.78 is 5.33. The van der Waals surface area contributed by atoms with Gasteiger partial charge in [-0.3, -0.25) is 0 Å². The van der Waals surface area contributed by atoms with E-state index in [-0.39, 0.29) is 5.44 Å². The van der Waals surface area contributed by atoms with Crippen LogP contribution in [0.5, 0.6) is 0 Å². The normalized spacial score (nSPS) is 12.4. The first-order valence-corrected chi connectivity index (χ1v) is 5.16. The summed E-state index contributed by atoms with van der Waals surface area (Å²) in [5.74, 6) is 6.37. The maximum Gasteiger partial charge on any atom is 0.109 e. The lowest BCUT2D eigenvalue weighted by Gasteiger charge is -2.08. The van der Waals surface area contributed by atoms with Crippen LogP contribution in [0.25, 0.3) is 0 Å². The second-order valence-corrected chi connectivity index (χ2v) is 3.75. The second-order valence-electron chi connectivity index (χ2n) is 3.17. The van der Waals surface area contributed by atoms with Gasteiger partial charge in [0.05, 0.1) is 0 Å². The SMILES string of the molecule is CC(C)C#CCOC(S)CCCN. The summed E-state index contributed by atoms with van der Waals surface area (Å²) in [6, 6.07) is 0. The highest BCUT2D eigenvalue weighted by Gasteiger charge is 1.99. The Morgan fingerprint density at radius 2 is 2.15 bits per heavy atom. The molecule has 0 aliphatic carbocycles. The predicted molar refractivity (Wildman–Crippen MR) is 59.6 cm³/mol. The molecule has 0 saturated carbocycles. The Labute approximate surface area is 86.6 Å². The van der Waals surface area contributed by atoms with E-state index in [0.29, 0.717) is 19.1 Å². The molecular formula is C10H19NOS. The third-order valence-corrected chi connectivity index (χ3v) is 1.80. The van der Waals surface area contributed by atoms with E-state index in [1.54, 1.807) is 0 Å². The Kier molecular flexibility index (Phi) is 8.32. The van der Waals surface area contributed by atoms with E-state index in [9.17, 15) is 0 Å². The lowest BCUT2D eigenvalue weighted by atomic mass is 10.2. The number of hydrogen-bond acceptors (Lipinski definition) is 3. The molecule has 0 aromatic heterocycles. The maximum atomic E-state index is 5.35. The van der Waals surface area contributed by atoms with Crippen LogP contribution in [0.3, 0.4) is 0 Å². The lowest BCUT2D eigenvalue weighted by molar-refractivity contribution is 0.137. The highest BCUT2D eigenvalue weighted by atomic mass is 32.1. The van der Waals surface area contributed by atoms with Gasteiger partial charge in [0, 0.05) is 5.92 Å². The van der Waals surface area contributed by atoms with Crippen molar-refractivity contribution < 1.29 is 4.74 Å². The van der Waals surface area contributed by atoms with Gasteiger partial charge in [0.2, 0.25) is 0 Å². The van der Waals surface area contributed by atoms with Crippen molar-refractivity contribution in [3.63, 3.8) is 0 Å². The molecule has 0 spiro atoms. The molecule has 0 aromatic carbocycles. The van der Waals surface area contributed by atoms with Crippen molar-refractivity contribution in [1.82, 2.24) is 0 Å². The fraction of sp³-hybridized carbons (Fsp3) is 0.800. The van der Waals surface area contributed by atoms with Crippen LogP contribution in [0.2, 0.25) is 0 Å². The van der Waals surface area contributed by atoms with Crippen molar-refractivity contribution >= 4 is 12.6 Å². The molecular weight excluding hydrogens is 182 g/mol. The quantitative estimate of drug-likeness (QED) is 0.403. The topological polar surface area (TPSA) is 35.2 Å². The Bertz CT molecular complexity index is 171. The summed E-state index contributed by atoms with van der Waals surface area (Å²) in [6.07, 6.45) is 1.84. The molecule has 2 N–H and O–H groups in total. The van der Waals surface area contributed by atoms with Crippen molar-refractivity contribution in [3.05, 3.63) is 0 Å². The third-order valence-electron chi connectivity index (χ3n) is 1.39. The average molecular weight is 201 g/mol. The van der Waals surface area contributed by atoms with Gasteiger partial charge in [0.15, 0.2) is 0 Å². The first-order chi connectivity index (χ1) is 6.16. The average Bonchev–Trinajstić information content (AvgIpc) is 2.08. The van der Waals surface area contributed by atoms with Crippen molar-refractivity contribution in [2.45, 2.75) is 32.1 Å². The predicted octanol–water partition coefficient (Wildman–Crippen LogP) is 1.66. The number of ether oxygens (including phenoxy) is 1. The third kappa shape index (κ3) is 9.75. The molecule has 0 heterocycles. The van der Waals surface area contributed by atoms with Crippen molar-refractivity contribution in [3.8, 4) is 11.8 Å². The molecule has 0 amide bonds. The number of hydrogen-bond donors (Lipinski definition) is 2. The summed E-state index contributed by atoms with van der Waals surface area (Å²) in [6.45, 7) is 5.27. The Morgan fingerprint density at radius 3 is 2.69 bits per heavy atom. The highest BCUT2D eigenvalue weighted by Crippen LogP contribution is 2.04. The summed E-state index contributed by atoms with van der Waals surface area (Å²) in [5, 5.41) is 0. The molecule has 1 unspecified atom stereocenters. The molecule has 0 aliphatic rings. The van der Waals surface area contributed by atoms with E-state index in [4.69, 9.17) is 10.5 Å². The minimum atomic E-state index is -0.0231. The molecule has 13 heavy (non-hydrogen) atoms. The summed E-state index contributed by atoms with van der Waals surface area (Å²) in [7, 11) is 0. The number of thiol groups is 1. The summed E-state index contributed by atoms with van der Waals surface area (Å²) in [5.41, 5.74) is 5.33. The summed E-state index contributed by atoms with van der Waals surface area (Å²) >= 11 is 4.24. The smallest absolute Gasteiger partial charge is 0.109 e. The number of nitrogens with two attached hydrogens (primary N) is 1. The Balaban J connectivity index is 3.37. The van der Waals surface area contributed by atoms with Gasteiger partial charge in [-0.15, -0.1) is 12.6 Å². The van der Waals surface area contributed by atoms with E-state index in [2.05, 4.69) is 38.3 Å². The number of rotatable bonds is 5. The molecule has 0 rings (SSSR count). The zero-order valence-corrected chi connectivity index (χ0v) is 9.31.